The summed E-state index contributed by atoms with van der Waals surface area (Å²) in [5.41, 5.74) is 5.19. The van der Waals surface area contributed by atoms with Gasteiger partial charge in [-0.2, -0.15) is 0 Å². The molecule has 1 aliphatic heterocycles. The van der Waals surface area contributed by atoms with Gasteiger partial charge in [0.05, 0.1) is 6.42 Å². The number of fused-ring (bicyclic) bond motifs is 2. The van der Waals surface area contributed by atoms with Gasteiger partial charge in [-0.25, -0.2) is 4.57 Å². The van der Waals surface area contributed by atoms with Crippen molar-refractivity contribution in [2.45, 2.75) is 19.4 Å². The van der Waals surface area contributed by atoms with Crippen molar-refractivity contribution in [3.8, 4) is 5.75 Å². The van der Waals surface area contributed by atoms with E-state index in [1.54, 1.807) is 0 Å². The summed E-state index contributed by atoms with van der Waals surface area (Å²) in [5, 5.41) is 9.10. The molecule has 2 aromatic carbocycles. The molecule has 0 saturated heterocycles. The lowest BCUT2D eigenvalue weighted by Gasteiger charge is -2.13. The Morgan fingerprint density at radius 3 is 2.43 bits per heavy atom. The van der Waals surface area contributed by atoms with Crippen LogP contribution < -0.4 is 4.74 Å². The van der Waals surface area contributed by atoms with Crippen molar-refractivity contribution in [2.75, 3.05) is 20.6 Å². The van der Waals surface area contributed by atoms with E-state index < -0.39 is 13.8 Å². The summed E-state index contributed by atoms with van der Waals surface area (Å²) in [6.07, 6.45) is 3.16. The number of rotatable bonds is 5. The average Bonchev–Trinajstić information content (AvgIpc) is 2.77. The molecular weight excluding hydrogens is 409 g/mol. The van der Waals surface area contributed by atoms with E-state index in [-0.39, 0.29) is 6.42 Å². The number of hydrogen-bond donors (Lipinski definition) is 4. The maximum atomic E-state index is 11.1. The van der Waals surface area contributed by atoms with Gasteiger partial charge < -0.3 is 29.4 Å². The molecule has 8 nitrogen and oxygen atoms in total. The number of nitrogens with zero attached hydrogens (tertiary/aromatic N) is 1. The van der Waals surface area contributed by atoms with Crippen molar-refractivity contribution in [1.29, 1.82) is 0 Å². The van der Waals surface area contributed by atoms with Crippen LogP contribution in [0.4, 0.5) is 0 Å². The van der Waals surface area contributed by atoms with E-state index in [1.165, 1.54) is 0 Å². The molecule has 0 spiro atoms. The first-order chi connectivity index (χ1) is 14.0. The highest BCUT2D eigenvalue weighted by Crippen LogP contribution is 2.37. The molecule has 0 bridgehead atoms. The fraction of sp³-hybridized carbons (Fsp3) is 0.286. The van der Waals surface area contributed by atoms with Gasteiger partial charge in [0.15, 0.2) is 0 Å². The summed E-state index contributed by atoms with van der Waals surface area (Å²) in [6.45, 7) is 1.48. The molecule has 0 unspecified atom stereocenters. The Balaban J connectivity index is 0.000000575. The van der Waals surface area contributed by atoms with E-state index in [0.29, 0.717) is 6.61 Å². The largest absolute Gasteiger partial charge is 0.488 e. The number of ether oxygens (including phenoxy) is 1. The fourth-order valence-corrected chi connectivity index (χ4v) is 3.09. The molecule has 0 fully saturated rings. The molecule has 0 radical (unpaired) electrons. The minimum absolute atomic E-state index is 0.0138. The van der Waals surface area contributed by atoms with Crippen molar-refractivity contribution in [3.05, 3.63) is 70.8 Å². The molecule has 1 aliphatic rings. The molecule has 9 heteroatoms. The smallest absolute Gasteiger partial charge is 0.466 e. The predicted octanol–water partition coefficient (Wildman–Crippen LogP) is 2.66. The molecule has 2 aromatic rings. The van der Waals surface area contributed by atoms with E-state index in [9.17, 15) is 4.79 Å². The number of benzene rings is 2. The lowest BCUT2D eigenvalue weighted by Crippen LogP contribution is -2.12. The first-order valence-corrected chi connectivity index (χ1v) is 10.8. The lowest BCUT2D eigenvalue weighted by atomic mass is 9.92. The van der Waals surface area contributed by atoms with Crippen LogP contribution in [0.3, 0.4) is 0 Å². The molecule has 0 amide bonds. The lowest BCUT2D eigenvalue weighted by molar-refractivity contribution is -0.136. The van der Waals surface area contributed by atoms with Gasteiger partial charge in [-0.15, -0.1) is 0 Å². The van der Waals surface area contributed by atoms with Gasteiger partial charge in [0, 0.05) is 12.1 Å². The third-order valence-corrected chi connectivity index (χ3v) is 4.30. The van der Waals surface area contributed by atoms with E-state index in [2.05, 4.69) is 37.2 Å². The van der Waals surface area contributed by atoms with E-state index in [4.69, 9.17) is 29.1 Å². The van der Waals surface area contributed by atoms with Crippen LogP contribution in [0.1, 0.15) is 28.7 Å². The molecule has 0 saturated carbocycles. The van der Waals surface area contributed by atoms with E-state index in [1.807, 2.05) is 30.3 Å². The first kappa shape index (κ1) is 23.8. The molecule has 0 aliphatic carbocycles. The Bertz CT molecular complexity index is 957. The summed E-state index contributed by atoms with van der Waals surface area (Å²) in [6, 6.07) is 13.9. The fourth-order valence-electron chi connectivity index (χ4n) is 3.09. The van der Waals surface area contributed by atoms with Crippen molar-refractivity contribution in [1.82, 2.24) is 4.90 Å². The molecule has 4 N–H and O–H groups in total. The highest BCUT2D eigenvalue weighted by atomic mass is 31.2. The minimum atomic E-state index is -4.64. The van der Waals surface area contributed by atoms with Crippen molar-refractivity contribution in [3.63, 3.8) is 0 Å². The van der Waals surface area contributed by atoms with Gasteiger partial charge >= 0.3 is 13.8 Å². The predicted molar refractivity (Wildman–Crippen MR) is 113 cm³/mol. The summed E-state index contributed by atoms with van der Waals surface area (Å²) >= 11 is 0. The Labute approximate surface area is 175 Å². The van der Waals surface area contributed by atoms with Gasteiger partial charge in [0.2, 0.25) is 0 Å². The van der Waals surface area contributed by atoms with Crippen LogP contribution >= 0.6 is 7.82 Å². The van der Waals surface area contributed by atoms with Crippen molar-refractivity contribution in [2.24, 2.45) is 0 Å². The Hall–Kier alpha value is -2.48. The van der Waals surface area contributed by atoms with Gasteiger partial charge in [-0.1, -0.05) is 36.4 Å². The monoisotopic (exact) mass is 435 g/mol. The molecule has 3 rings (SSSR count). The minimum Gasteiger partial charge on any atom is -0.488 e. The summed E-state index contributed by atoms with van der Waals surface area (Å²) in [4.78, 5) is 34.8. The Kier molecular flexibility index (Phi) is 8.34. The highest BCUT2D eigenvalue weighted by Gasteiger charge is 2.19. The van der Waals surface area contributed by atoms with Crippen LogP contribution in [0.2, 0.25) is 0 Å². The van der Waals surface area contributed by atoms with Crippen LogP contribution in [-0.2, 0) is 22.4 Å². The quantitative estimate of drug-likeness (QED) is 0.528. The number of aliphatic carboxylic acids is 1. The zero-order chi connectivity index (χ0) is 22.3. The standard InChI is InChI=1S/C21H23NO3.H3O4P/c1-22(2)11-5-8-18-17-7-4-3-6-16(17)14-25-20-10-9-15(12-19(18)20)13-21(23)24;1-5(2,3)4/h3-4,6-10,12H,5,11,13-14H2,1-2H3,(H,23,24);(H3,1,2,3,4)/b18-8-;. The number of phosphoric acid groups is 1. The first-order valence-electron chi connectivity index (χ1n) is 9.24. The van der Waals surface area contributed by atoms with Crippen LogP contribution in [0.15, 0.2) is 48.5 Å². The van der Waals surface area contributed by atoms with Gasteiger partial charge in [0.1, 0.15) is 12.4 Å². The maximum Gasteiger partial charge on any atom is 0.466 e. The molecule has 0 atom stereocenters. The summed E-state index contributed by atoms with van der Waals surface area (Å²) < 4.78 is 14.9. The van der Waals surface area contributed by atoms with Gasteiger partial charge in [-0.3, -0.25) is 4.79 Å². The van der Waals surface area contributed by atoms with Crippen molar-refractivity contribution >= 4 is 19.4 Å². The number of carboxylic acid groups (broad SMARTS) is 1. The molecule has 0 aromatic heterocycles. The third kappa shape index (κ3) is 7.74. The summed E-state index contributed by atoms with van der Waals surface area (Å²) in [5.74, 6) is -0.0190. The van der Waals surface area contributed by atoms with Gasteiger partial charge in [0.25, 0.3) is 0 Å². The molecular formula is C21H26NO7P. The number of carboxylic acids is 1. The Morgan fingerprint density at radius 2 is 1.80 bits per heavy atom. The SMILES string of the molecule is CN(C)CC/C=C1/c2ccccc2COc2ccc(CC(=O)O)cc21.O=P(O)(O)O. The van der Waals surface area contributed by atoms with Crippen LogP contribution in [0.5, 0.6) is 5.75 Å². The maximum absolute atomic E-state index is 11.1. The summed E-state index contributed by atoms with van der Waals surface area (Å²) in [7, 11) is -0.525. The Morgan fingerprint density at radius 1 is 1.13 bits per heavy atom. The third-order valence-electron chi connectivity index (χ3n) is 4.30. The van der Waals surface area contributed by atoms with Gasteiger partial charge in [-0.05, 0) is 54.9 Å². The number of carbonyl (C=O) groups is 1. The van der Waals surface area contributed by atoms with Crippen LogP contribution in [-0.4, -0.2) is 51.3 Å². The normalized spacial score (nSPS) is 14.1. The zero-order valence-corrected chi connectivity index (χ0v) is 17.7. The highest BCUT2D eigenvalue weighted by molar-refractivity contribution is 7.45. The van der Waals surface area contributed by atoms with E-state index >= 15 is 0 Å². The second-order valence-corrected chi connectivity index (χ2v) is 8.10. The average molecular weight is 435 g/mol. The van der Waals surface area contributed by atoms with Crippen molar-refractivity contribution < 1.29 is 33.9 Å². The second kappa shape index (κ2) is 10.5. The molecule has 162 valence electrons. The molecule has 1 heterocycles. The van der Waals surface area contributed by atoms with Crippen LogP contribution in [0, 0.1) is 0 Å². The number of hydrogen-bond acceptors (Lipinski definition) is 4. The topological polar surface area (TPSA) is 128 Å². The molecule has 30 heavy (non-hydrogen) atoms. The van der Waals surface area contributed by atoms with Crippen LogP contribution in [0.25, 0.3) is 5.57 Å². The second-order valence-electron chi connectivity index (χ2n) is 7.07. The zero-order valence-electron chi connectivity index (χ0n) is 16.9. The van der Waals surface area contributed by atoms with E-state index in [0.717, 1.165) is 46.5 Å².